The maximum atomic E-state index is 3.46. The molecule has 0 spiro atoms. The molecule has 248 valence electrons. The van der Waals surface area contributed by atoms with Crippen LogP contribution in [0.5, 0.6) is 0 Å². The van der Waals surface area contributed by atoms with E-state index in [4.69, 9.17) is 0 Å². The van der Waals surface area contributed by atoms with Gasteiger partial charge in [0.15, 0.2) is 0 Å². The molecule has 4 nitrogen and oxygen atoms in total. The molecule has 4 rings (SSSR count). The van der Waals surface area contributed by atoms with Gasteiger partial charge in [0.1, 0.15) is 0 Å². The van der Waals surface area contributed by atoms with Crippen molar-refractivity contribution in [2.24, 2.45) is 0 Å². The second kappa shape index (κ2) is 31.9. The summed E-state index contributed by atoms with van der Waals surface area (Å²) in [5.41, 5.74) is 5.40. The Labute approximate surface area is 265 Å². The van der Waals surface area contributed by atoms with Crippen molar-refractivity contribution in [2.75, 3.05) is 36.8 Å². The maximum Gasteiger partial charge on any atom is 0.0342 e. The van der Waals surface area contributed by atoms with Gasteiger partial charge in [0.2, 0.25) is 0 Å². The second-order valence-electron chi connectivity index (χ2n) is 9.93. The zero-order valence-electron chi connectivity index (χ0n) is 28.6. The van der Waals surface area contributed by atoms with E-state index in [1.807, 2.05) is 55.4 Å². The van der Waals surface area contributed by atoms with Crippen molar-refractivity contribution >= 4 is 11.4 Å². The number of nitrogens with one attached hydrogen (secondary N) is 4. The SMILES string of the molecule is C.C.CC.CC.CC.CC.CC(C)Nc1ccc([C@@H]2CCCNC2)cc1.CC(C)Nc1ccc([C@H]2CCCNC2)cc1. The van der Waals surface area contributed by atoms with Gasteiger partial charge >= 0.3 is 0 Å². The normalized spacial score (nSPS) is 16.6. The van der Waals surface area contributed by atoms with Gasteiger partial charge in [-0.3, -0.25) is 0 Å². The van der Waals surface area contributed by atoms with Crippen molar-refractivity contribution < 1.29 is 0 Å². The van der Waals surface area contributed by atoms with Crippen molar-refractivity contribution in [1.29, 1.82) is 0 Å². The van der Waals surface area contributed by atoms with Crippen LogP contribution in [0.3, 0.4) is 0 Å². The molecule has 2 aromatic carbocycles. The minimum atomic E-state index is 0. The molecular weight excluding hydrogens is 512 g/mol. The first-order valence-corrected chi connectivity index (χ1v) is 16.7. The van der Waals surface area contributed by atoms with Crippen LogP contribution >= 0.6 is 0 Å². The molecule has 2 saturated heterocycles. The monoisotopic (exact) mass is 589 g/mol. The largest absolute Gasteiger partial charge is 0.383 e. The van der Waals surface area contributed by atoms with E-state index in [2.05, 4.69) is 97.5 Å². The first kappa shape index (κ1) is 46.9. The Hall–Kier alpha value is -2.04. The summed E-state index contributed by atoms with van der Waals surface area (Å²) in [4.78, 5) is 0. The zero-order chi connectivity index (χ0) is 30.8. The van der Waals surface area contributed by atoms with Gasteiger partial charge in [-0.1, -0.05) is 94.5 Å². The molecule has 0 aliphatic carbocycles. The molecule has 4 N–H and O–H groups in total. The highest BCUT2D eigenvalue weighted by Gasteiger charge is 2.15. The van der Waals surface area contributed by atoms with Gasteiger partial charge in [-0.2, -0.15) is 0 Å². The third kappa shape index (κ3) is 20.8. The van der Waals surface area contributed by atoms with Gasteiger partial charge in [0.25, 0.3) is 0 Å². The fourth-order valence-corrected chi connectivity index (χ4v) is 4.64. The third-order valence-electron chi connectivity index (χ3n) is 6.27. The van der Waals surface area contributed by atoms with E-state index in [1.165, 1.54) is 61.3 Å². The molecule has 2 atom stereocenters. The quantitative estimate of drug-likeness (QED) is 0.271. The van der Waals surface area contributed by atoms with Crippen LogP contribution in [-0.4, -0.2) is 38.3 Å². The Balaban J connectivity index is -0.000000267. The lowest BCUT2D eigenvalue weighted by Gasteiger charge is -2.23. The first-order valence-electron chi connectivity index (χ1n) is 16.7. The molecule has 0 saturated carbocycles. The molecule has 4 heteroatoms. The minimum Gasteiger partial charge on any atom is -0.383 e. The molecular formula is C38H76N4. The Morgan fingerprint density at radius 1 is 0.524 bits per heavy atom. The standard InChI is InChI=1S/2C14H22N2.4C2H6.2CH4/c2*1-11(2)16-14-7-5-12(6-8-14)13-4-3-9-15-10-13;4*1-2;;/h2*5-8,11,13,15-16H,3-4,9-10H2,1-2H3;4*1-2H3;2*1H4/t2*13-;;;;;;/m10....../s1. The summed E-state index contributed by atoms with van der Waals surface area (Å²) in [6, 6.07) is 18.9. The highest BCUT2D eigenvalue weighted by atomic mass is 14.9. The molecule has 2 aliphatic rings. The molecule has 0 amide bonds. The molecule has 0 bridgehead atoms. The van der Waals surface area contributed by atoms with Crippen molar-refractivity contribution in [3.8, 4) is 0 Å². The Bertz CT molecular complexity index is 689. The fourth-order valence-electron chi connectivity index (χ4n) is 4.64. The van der Waals surface area contributed by atoms with E-state index >= 15 is 0 Å². The fraction of sp³-hybridized carbons (Fsp3) is 0.684. The molecule has 0 radical (unpaired) electrons. The average Bonchev–Trinajstić information content (AvgIpc) is 3.03. The summed E-state index contributed by atoms with van der Waals surface area (Å²) in [7, 11) is 0. The van der Waals surface area contributed by atoms with Crippen molar-refractivity contribution in [2.45, 2.75) is 148 Å². The van der Waals surface area contributed by atoms with E-state index in [9.17, 15) is 0 Å². The molecule has 0 aromatic heterocycles. The van der Waals surface area contributed by atoms with Gasteiger partial charge in [0, 0.05) is 36.5 Å². The molecule has 2 aliphatic heterocycles. The van der Waals surface area contributed by atoms with Gasteiger partial charge in [-0.15, -0.1) is 0 Å². The highest BCUT2D eigenvalue weighted by Crippen LogP contribution is 2.25. The van der Waals surface area contributed by atoms with Crippen LogP contribution < -0.4 is 21.3 Å². The van der Waals surface area contributed by atoms with Crippen molar-refractivity contribution in [3.63, 3.8) is 0 Å². The zero-order valence-corrected chi connectivity index (χ0v) is 28.6. The summed E-state index contributed by atoms with van der Waals surface area (Å²) in [6.45, 7) is 29.3. The number of hydrogen-bond acceptors (Lipinski definition) is 4. The number of benzene rings is 2. The van der Waals surface area contributed by atoms with Crippen LogP contribution in [0.4, 0.5) is 11.4 Å². The Kier molecular flexibility index (Phi) is 35.6. The lowest BCUT2D eigenvalue weighted by molar-refractivity contribution is 0.461. The summed E-state index contributed by atoms with van der Waals surface area (Å²) >= 11 is 0. The number of anilines is 2. The van der Waals surface area contributed by atoms with E-state index < -0.39 is 0 Å². The maximum absolute atomic E-state index is 3.46. The van der Waals surface area contributed by atoms with Gasteiger partial charge in [0.05, 0.1) is 0 Å². The van der Waals surface area contributed by atoms with Gasteiger partial charge in [-0.25, -0.2) is 0 Å². The summed E-state index contributed by atoms with van der Waals surface area (Å²) in [5.74, 6) is 1.42. The first-order chi connectivity index (χ1) is 19.5. The second-order valence-corrected chi connectivity index (χ2v) is 9.93. The Morgan fingerprint density at radius 2 is 0.810 bits per heavy atom. The van der Waals surface area contributed by atoms with Gasteiger partial charge in [-0.05, 0) is 114 Å². The van der Waals surface area contributed by atoms with E-state index in [1.54, 1.807) is 0 Å². The van der Waals surface area contributed by atoms with Crippen LogP contribution in [0.15, 0.2) is 48.5 Å². The van der Waals surface area contributed by atoms with Crippen molar-refractivity contribution in [1.82, 2.24) is 10.6 Å². The third-order valence-corrected chi connectivity index (χ3v) is 6.27. The summed E-state index contributed by atoms with van der Waals surface area (Å²) in [5, 5.41) is 13.8. The van der Waals surface area contributed by atoms with E-state index in [-0.39, 0.29) is 14.9 Å². The van der Waals surface area contributed by atoms with Crippen LogP contribution in [0.25, 0.3) is 0 Å². The topological polar surface area (TPSA) is 48.1 Å². The summed E-state index contributed by atoms with van der Waals surface area (Å²) < 4.78 is 0. The minimum absolute atomic E-state index is 0. The highest BCUT2D eigenvalue weighted by molar-refractivity contribution is 5.46. The van der Waals surface area contributed by atoms with Gasteiger partial charge < -0.3 is 21.3 Å². The molecule has 2 fully saturated rings. The summed E-state index contributed by atoms with van der Waals surface area (Å²) in [6.07, 6.45) is 5.25. The lowest BCUT2D eigenvalue weighted by atomic mass is 9.91. The molecule has 2 heterocycles. The number of rotatable bonds is 6. The molecule has 2 aromatic rings. The predicted molar refractivity (Wildman–Crippen MR) is 199 cm³/mol. The van der Waals surface area contributed by atoms with Crippen LogP contribution in [0.2, 0.25) is 0 Å². The predicted octanol–water partition coefficient (Wildman–Crippen LogP) is 11.3. The number of hydrogen-bond donors (Lipinski definition) is 4. The smallest absolute Gasteiger partial charge is 0.0342 e. The Morgan fingerprint density at radius 3 is 1.02 bits per heavy atom. The lowest BCUT2D eigenvalue weighted by Crippen LogP contribution is -2.28. The van der Waals surface area contributed by atoms with Crippen LogP contribution in [0.1, 0.15) is 147 Å². The molecule has 42 heavy (non-hydrogen) atoms. The van der Waals surface area contributed by atoms with Crippen LogP contribution in [0, 0.1) is 0 Å². The average molecular weight is 589 g/mol. The number of piperidine rings is 2. The van der Waals surface area contributed by atoms with E-state index in [0.717, 1.165) is 13.1 Å². The van der Waals surface area contributed by atoms with Crippen molar-refractivity contribution in [3.05, 3.63) is 59.7 Å². The molecule has 0 unspecified atom stereocenters. The van der Waals surface area contributed by atoms with Crippen LogP contribution in [-0.2, 0) is 0 Å². The van der Waals surface area contributed by atoms with E-state index in [0.29, 0.717) is 23.9 Å².